The second-order valence-corrected chi connectivity index (χ2v) is 1.22. The van der Waals surface area contributed by atoms with E-state index in [2.05, 4.69) is 13.2 Å². The van der Waals surface area contributed by atoms with Crippen LogP contribution in [0.1, 0.15) is 0 Å². The van der Waals surface area contributed by atoms with Crippen molar-refractivity contribution in [3.05, 3.63) is 13.2 Å². The molecule has 0 saturated carbocycles. The molecule has 0 aromatic carbocycles. The van der Waals surface area contributed by atoms with E-state index in [-0.39, 0.29) is 0 Å². The van der Waals surface area contributed by atoms with Crippen LogP contribution in [0.3, 0.4) is 0 Å². The average Bonchev–Trinajstić information content (AvgIpc) is 2.44. The molecule has 1 rings (SSSR count). The van der Waals surface area contributed by atoms with Gasteiger partial charge in [0.15, 0.2) is 0 Å². The minimum atomic E-state index is -1.83. The third-order valence-corrected chi connectivity index (χ3v) is 0.539. The molecule has 1 aliphatic heterocycles. The second kappa shape index (κ2) is 11.7. The standard InChI is InChI=1S/C3H6O2.C2H4.CH2O3/c1-2-5-3-4-1;1-2;2-1(3)4/h1-3H2;1-2H2;(H2,2,3,4). The predicted octanol–water partition coefficient (Wildman–Crippen LogP) is 1.02. The lowest BCUT2D eigenvalue weighted by Crippen LogP contribution is -1.81. The first-order valence-corrected chi connectivity index (χ1v) is 2.81. The Morgan fingerprint density at radius 3 is 1.55 bits per heavy atom. The molecule has 0 radical (unpaired) electrons. The van der Waals surface area contributed by atoms with Crippen molar-refractivity contribution in [2.75, 3.05) is 20.0 Å². The molecule has 0 aliphatic carbocycles. The summed E-state index contributed by atoms with van der Waals surface area (Å²) in [5.41, 5.74) is 0. The van der Waals surface area contributed by atoms with Crippen molar-refractivity contribution >= 4 is 6.16 Å². The molecule has 0 aromatic heterocycles. The highest BCUT2D eigenvalue weighted by molar-refractivity contribution is 5.53. The summed E-state index contributed by atoms with van der Waals surface area (Å²) in [6.45, 7) is 8.06. The van der Waals surface area contributed by atoms with Gasteiger partial charge in [-0.05, 0) is 0 Å². The van der Waals surface area contributed by atoms with Crippen LogP contribution >= 0.6 is 0 Å². The fourth-order valence-corrected chi connectivity index (χ4v) is 0.295. The van der Waals surface area contributed by atoms with E-state index in [1.807, 2.05) is 0 Å². The molecule has 1 aliphatic rings. The first-order valence-electron chi connectivity index (χ1n) is 2.81. The van der Waals surface area contributed by atoms with E-state index in [1.165, 1.54) is 0 Å². The maximum absolute atomic E-state index is 8.56. The Hall–Kier alpha value is -1.07. The van der Waals surface area contributed by atoms with Crippen LogP contribution in [0.2, 0.25) is 0 Å². The molecule has 1 fully saturated rings. The normalized spacial score (nSPS) is 13.5. The fraction of sp³-hybridized carbons (Fsp3) is 0.500. The number of hydrogen-bond acceptors (Lipinski definition) is 3. The minimum absolute atomic E-state index is 0.500. The number of carbonyl (C=O) groups is 1. The summed E-state index contributed by atoms with van der Waals surface area (Å²) in [5, 5.41) is 13.9. The van der Waals surface area contributed by atoms with Crippen LogP contribution in [0.15, 0.2) is 13.2 Å². The summed E-state index contributed by atoms with van der Waals surface area (Å²) in [5.74, 6) is 0. The molecule has 0 atom stereocenters. The Kier molecular flexibility index (Phi) is 13.4. The summed E-state index contributed by atoms with van der Waals surface area (Å²) >= 11 is 0. The molecular formula is C6H12O5. The van der Waals surface area contributed by atoms with Gasteiger partial charge in [-0.15, -0.1) is 13.2 Å². The van der Waals surface area contributed by atoms with Crippen molar-refractivity contribution in [1.29, 1.82) is 0 Å². The maximum Gasteiger partial charge on any atom is 0.503 e. The highest BCUT2D eigenvalue weighted by atomic mass is 16.7. The molecule has 2 N–H and O–H groups in total. The van der Waals surface area contributed by atoms with Crippen molar-refractivity contribution in [3.8, 4) is 0 Å². The van der Waals surface area contributed by atoms with Crippen LogP contribution in [0, 0.1) is 0 Å². The molecule has 5 heteroatoms. The summed E-state index contributed by atoms with van der Waals surface area (Å²) in [6, 6.07) is 0. The van der Waals surface area contributed by atoms with Crippen molar-refractivity contribution in [2.45, 2.75) is 0 Å². The van der Waals surface area contributed by atoms with E-state index in [0.29, 0.717) is 6.79 Å². The van der Waals surface area contributed by atoms with Crippen molar-refractivity contribution < 1.29 is 24.5 Å². The van der Waals surface area contributed by atoms with Gasteiger partial charge in [0, 0.05) is 0 Å². The summed E-state index contributed by atoms with van der Waals surface area (Å²) in [7, 11) is 0. The van der Waals surface area contributed by atoms with E-state index in [0.717, 1.165) is 13.2 Å². The lowest BCUT2D eigenvalue weighted by molar-refractivity contribution is 0.0692. The molecule has 66 valence electrons. The molecule has 5 nitrogen and oxygen atoms in total. The van der Waals surface area contributed by atoms with Gasteiger partial charge >= 0.3 is 6.16 Å². The van der Waals surface area contributed by atoms with Gasteiger partial charge in [-0.1, -0.05) is 0 Å². The number of rotatable bonds is 0. The third kappa shape index (κ3) is 27.8. The smallest absolute Gasteiger partial charge is 0.450 e. The van der Waals surface area contributed by atoms with Gasteiger partial charge in [0.1, 0.15) is 6.79 Å². The van der Waals surface area contributed by atoms with Crippen molar-refractivity contribution in [3.63, 3.8) is 0 Å². The molecule has 0 aromatic rings. The fourth-order valence-electron chi connectivity index (χ4n) is 0.295. The molecule has 0 spiro atoms. The van der Waals surface area contributed by atoms with Crippen molar-refractivity contribution in [1.82, 2.24) is 0 Å². The van der Waals surface area contributed by atoms with Gasteiger partial charge in [0.2, 0.25) is 0 Å². The monoisotopic (exact) mass is 164 g/mol. The van der Waals surface area contributed by atoms with E-state index in [1.54, 1.807) is 0 Å². The van der Waals surface area contributed by atoms with Crippen LogP contribution in [-0.2, 0) is 9.47 Å². The topological polar surface area (TPSA) is 76.0 Å². The minimum Gasteiger partial charge on any atom is -0.450 e. The van der Waals surface area contributed by atoms with E-state index in [4.69, 9.17) is 24.5 Å². The molecular weight excluding hydrogens is 152 g/mol. The summed E-state index contributed by atoms with van der Waals surface area (Å²) < 4.78 is 9.44. The Bertz CT molecular complexity index is 77.4. The SMILES string of the molecule is C1COCO1.C=C.O=C(O)O. The first kappa shape index (κ1) is 12.6. The first-order chi connectivity index (χ1) is 5.23. The number of hydrogen-bond donors (Lipinski definition) is 2. The highest BCUT2D eigenvalue weighted by Crippen LogP contribution is 1.85. The molecule has 0 amide bonds. The van der Waals surface area contributed by atoms with Crippen LogP contribution < -0.4 is 0 Å². The average molecular weight is 164 g/mol. The zero-order valence-electron chi connectivity index (χ0n) is 6.15. The van der Waals surface area contributed by atoms with Gasteiger partial charge in [-0.2, -0.15) is 0 Å². The predicted molar refractivity (Wildman–Crippen MR) is 38.7 cm³/mol. The Labute approximate surface area is 64.9 Å². The van der Waals surface area contributed by atoms with Gasteiger partial charge in [0.25, 0.3) is 0 Å². The lowest BCUT2D eigenvalue weighted by Gasteiger charge is -1.76. The quantitative estimate of drug-likeness (QED) is 0.522. The highest BCUT2D eigenvalue weighted by Gasteiger charge is 1.93. The molecule has 1 saturated heterocycles. The Morgan fingerprint density at radius 2 is 1.45 bits per heavy atom. The van der Waals surface area contributed by atoms with Gasteiger partial charge in [-0.25, -0.2) is 4.79 Å². The Balaban J connectivity index is 0. The second-order valence-electron chi connectivity index (χ2n) is 1.22. The van der Waals surface area contributed by atoms with Gasteiger partial charge in [0.05, 0.1) is 13.2 Å². The van der Waals surface area contributed by atoms with E-state index < -0.39 is 6.16 Å². The van der Waals surface area contributed by atoms with Crippen LogP contribution in [0.4, 0.5) is 4.79 Å². The molecule has 11 heavy (non-hydrogen) atoms. The number of carboxylic acid groups (broad SMARTS) is 2. The summed E-state index contributed by atoms with van der Waals surface area (Å²) in [4.78, 5) is 8.56. The molecule has 1 heterocycles. The lowest BCUT2D eigenvalue weighted by atomic mass is 10.8. The van der Waals surface area contributed by atoms with Gasteiger partial charge in [-0.3, -0.25) is 0 Å². The Morgan fingerprint density at radius 1 is 1.18 bits per heavy atom. The zero-order valence-corrected chi connectivity index (χ0v) is 6.15. The van der Waals surface area contributed by atoms with Crippen LogP contribution in [0.25, 0.3) is 0 Å². The van der Waals surface area contributed by atoms with Crippen LogP contribution in [0.5, 0.6) is 0 Å². The van der Waals surface area contributed by atoms with Crippen molar-refractivity contribution in [2.24, 2.45) is 0 Å². The van der Waals surface area contributed by atoms with Gasteiger partial charge < -0.3 is 19.7 Å². The third-order valence-electron chi connectivity index (χ3n) is 0.539. The largest absolute Gasteiger partial charge is 0.503 e. The summed E-state index contributed by atoms with van der Waals surface area (Å²) in [6.07, 6.45) is -1.83. The molecule has 0 unspecified atom stereocenters. The number of ether oxygens (including phenoxy) is 2. The zero-order chi connectivity index (χ0) is 9.11. The van der Waals surface area contributed by atoms with E-state index >= 15 is 0 Å². The van der Waals surface area contributed by atoms with E-state index in [9.17, 15) is 0 Å². The van der Waals surface area contributed by atoms with Crippen LogP contribution in [-0.4, -0.2) is 36.4 Å². The maximum atomic E-state index is 8.56. The molecule has 0 bridgehead atoms.